The zero-order chi connectivity index (χ0) is 17.5. The number of nitrogens with one attached hydrogen (secondary N) is 1. The van der Waals surface area contributed by atoms with Gasteiger partial charge in [0.15, 0.2) is 5.96 Å². The Balaban J connectivity index is 0.00000312. The van der Waals surface area contributed by atoms with E-state index in [1.54, 1.807) is 7.11 Å². The van der Waals surface area contributed by atoms with Gasteiger partial charge in [0, 0.05) is 12.2 Å². The summed E-state index contributed by atoms with van der Waals surface area (Å²) in [5.41, 5.74) is 10.7. The van der Waals surface area contributed by atoms with Gasteiger partial charge in [-0.1, -0.05) is 25.1 Å². The van der Waals surface area contributed by atoms with Gasteiger partial charge in [0.1, 0.15) is 5.75 Å². The van der Waals surface area contributed by atoms with E-state index in [4.69, 9.17) is 10.5 Å². The Labute approximate surface area is 167 Å². The molecule has 0 saturated carbocycles. The summed E-state index contributed by atoms with van der Waals surface area (Å²) in [4.78, 5) is 4.44. The van der Waals surface area contributed by atoms with Crippen molar-refractivity contribution in [3.8, 4) is 5.75 Å². The number of hydrogen-bond acceptors (Lipinski definition) is 2. The van der Waals surface area contributed by atoms with E-state index < -0.39 is 0 Å². The summed E-state index contributed by atoms with van der Waals surface area (Å²) >= 11 is 0. The second kappa shape index (κ2) is 10.3. The van der Waals surface area contributed by atoms with Gasteiger partial charge in [-0.05, 0) is 67.1 Å². The molecule has 0 spiro atoms. The van der Waals surface area contributed by atoms with E-state index in [0.717, 1.165) is 17.9 Å². The Hall–Kier alpha value is -1.76. The van der Waals surface area contributed by atoms with E-state index in [2.05, 4.69) is 61.4 Å². The number of nitrogens with two attached hydrogens (primary N) is 1. The van der Waals surface area contributed by atoms with Crippen LogP contribution in [0.25, 0.3) is 0 Å². The largest absolute Gasteiger partial charge is 0.497 e. The Morgan fingerprint density at radius 3 is 2.28 bits per heavy atom. The smallest absolute Gasteiger partial charge is 0.193 e. The van der Waals surface area contributed by atoms with Crippen molar-refractivity contribution in [1.82, 2.24) is 0 Å². The molecule has 0 aliphatic rings. The van der Waals surface area contributed by atoms with Gasteiger partial charge in [-0.2, -0.15) is 0 Å². The normalized spacial score (nSPS) is 12.2. The molecule has 0 amide bonds. The zero-order valence-electron chi connectivity index (χ0n) is 15.4. The summed E-state index contributed by atoms with van der Waals surface area (Å²) in [6, 6.07) is 14.4. The highest BCUT2D eigenvalue weighted by Gasteiger charge is 2.05. The molecule has 0 aliphatic heterocycles. The number of ether oxygens (including phenoxy) is 1. The number of halogens is 1. The quantitative estimate of drug-likeness (QED) is 0.374. The van der Waals surface area contributed by atoms with Gasteiger partial charge in [0.05, 0.1) is 7.11 Å². The number of methoxy groups -OCH3 is 1. The molecule has 5 heteroatoms. The van der Waals surface area contributed by atoms with Gasteiger partial charge in [0.25, 0.3) is 0 Å². The highest BCUT2D eigenvalue weighted by Crippen LogP contribution is 2.21. The molecule has 0 radical (unpaired) electrons. The monoisotopic (exact) mass is 453 g/mol. The van der Waals surface area contributed by atoms with E-state index in [1.165, 1.54) is 16.7 Å². The fraction of sp³-hybridized carbons (Fsp3) is 0.350. The summed E-state index contributed by atoms with van der Waals surface area (Å²) in [5.74, 6) is 1.77. The molecule has 2 aromatic carbocycles. The average Bonchev–Trinajstić information content (AvgIpc) is 2.53. The van der Waals surface area contributed by atoms with Gasteiger partial charge < -0.3 is 15.8 Å². The van der Waals surface area contributed by atoms with Gasteiger partial charge in [0.2, 0.25) is 0 Å². The standard InChI is InChI=1S/C20H27N3O.HI/c1-14-11-15(2)13-18(12-14)23-20(21)22-10-9-16(3)17-5-7-19(24-4)8-6-17;/h5-8,11-13,16H,9-10H2,1-4H3,(H3,21,22,23);1H. The van der Waals surface area contributed by atoms with Crippen LogP contribution >= 0.6 is 24.0 Å². The van der Waals surface area contributed by atoms with Crippen LogP contribution in [0.1, 0.15) is 36.0 Å². The number of aliphatic imine (C=N–C) groups is 1. The lowest BCUT2D eigenvalue weighted by molar-refractivity contribution is 0.414. The molecule has 0 heterocycles. The first-order chi connectivity index (χ1) is 11.5. The van der Waals surface area contributed by atoms with Gasteiger partial charge in [-0.3, -0.25) is 4.99 Å². The number of benzene rings is 2. The lowest BCUT2D eigenvalue weighted by Crippen LogP contribution is -2.23. The summed E-state index contributed by atoms with van der Waals surface area (Å²) in [6.07, 6.45) is 0.946. The lowest BCUT2D eigenvalue weighted by Gasteiger charge is -2.12. The van der Waals surface area contributed by atoms with Crippen LogP contribution in [0.3, 0.4) is 0 Å². The van der Waals surface area contributed by atoms with Gasteiger partial charge in [-0.15, -0.1) is 24.0 Å². The Morgan fingerprint density at radius 2 is 1.72 bits per heavy atom. The highest BCUT2D eigenvalue weighted by atomic mass is 127. The van der Waals surface area contributed by atoms with Crippen LogP contribution in [0, 0.1) is 13.8 Å². The first-order valence-corrected chi connectivity index (χ1v) is 8.27. The maximum atomic E-state index is 5.99. The Kier molecular flexibility index (Phi) is 8.75. The summed E-state index contributed by atoms with van der Waals surface area (Å²) in [5, 5.41) is 3.16. The molecule has 3 N–H and O–H groups in total. The molecule has 0 aliphatic carbocycles. The van der Waals surface area contributed by atoms with Crippen molar-refractivity contribution in [2.75, 3.05) is 19.0 Å². The molecule has 1 atom stereocenters. The molecule has 0 saturated heterocycles. The van der Waals surface area contributed by atoms with Crippen molar-refractivity contribution >= 4 is 35.6 Å². The third-order valence-corrected chi connectivity index (χ3v) is 4.02. The van der Waals surface area contributed by atoms with Crippen LogP contribution in [0.5, 0.6) is 5.75 Å². The van der Waals surface area contributed by atoms with E-state index in [0.29, 0.717) is 18.4 Å². The zero-order valence-corrected chi connectivity index (χ0v) is 17.7. The fourth-order valence-electron chi connectivity index (χ4n) is 2.71. The van der Waals surface area contributed by atoms with Crippen LogP contribution in [-0.2, 0) is 0 Å². The Morgan fingerprint density at radius 1 is 1.12 bits per heavy atom. The second-order valence-electron chi connectivity index (χ2n) is 6.23. The molecule has 136 valence electrons. The molecule has 25 heavy (non-hydrogen) atoms. The number of guanidine groups is 1. The van der Waals surface area contributed by atoms with Crippen LogP contribution < -0.4 is 15.8 Å². The molecular weight excluding hydrogens is 425 g/mol. The predicted octanol–water partition coefficient (Wildman–Crippen LogP) is 4.85. The third kappa shape index (κ3) is 6.94. The molecule has 4 nitrogen and oxygen atoms in total. The SMILES string of the molecule is COc1ccc(C(C)CCN=C(N)Nc2cc(C)cc(C)c2)cc1.I. The summed E-state index contributed by atoms with van der Waals surface area (Å²) < 4.78 is 5.19. The summed E-state index contributed by atoms with van der Waals surface area (Å²) in [6.45, 7) is 7.03. The summed E-state index contributed by atoms with van der Waals surface area (Å²) in [7, 11) is 1.68. The predicted molar refractivity (Wildman–Crippen MR) is 117 cm³/mol. The maximum Gasteiger partial charge on any atom is 0.193 e. The van der Waals surface area contributed by atoms with E-state index in [1.807, 2.05) is 12.1 Å². The highest BCUT2D eigenvalue weighted by molar-refractivity contribution is 14.0. The lowest BCUT2D eigenvalue weighted by atomic mass is 9.98. The first-order valence-electron chi connectivity index (χ1n) is 8.27. The fourth-order valence-corrected chi connectivity index (χ4v) is 2.71. The molecular formula is C20H28IN3O. The molecule has 2 aromatic rings. The minimum atomic E-state index is 0. The van der Waals surface area contributed by atoms with Gasteiger partial charge in [-0.25, -0.2) is 0 Å². The number of hydrogen-bond donors (Lipinski definition) is 2. The van der Waals surface area contributed by atoms with Crippen molar-refractivity contribution in [1.29, 1.82) is 0 Å². The van der Waals surface area contributed by atoms with Crippen LogP contribution in [-0.4, -0.2) is 19.6 Å². The number of aryl methyl sites for hydroxylation is 2. The molecule has 0 fully saturated rings. The number of rotatable bonds is 6. The van der Waals surface area contributed by atoms with E-state index in [9.17, 15) is 0 Å². The van der Waals surface area contributed by atoms with Crippen LogP contribution in [0.4, 0.5) is 5.69 Å². The molecule has 2 rings (SSSR count). The van der Waals surface area contributed by atoms with Crippen molar-refractivity contribution in [2.24, 2.45) is 10.7 Å². The molecule has 1 unspecified atom stereocenters. The number of anilines is 1. The van der Waals surface area contributed by atoms with Crippen molar-refractivity contribution < 1.29 is 4.74 Å². The minimum absolute atomic E-state index is 0. The van der Waals surface area contributed by atoms with Crippen molar-refractivity contribution in [3.63, 3.8) is 0 Å². The number of nitrogens with zero attached hydrogens (tertiary/aromatic N) is 1. The topological polar surface area (TPSA) is 59.6 Å². The van der Waals surface area contributed by atoms with Crippen molar-refractivity contribution in [3.05, 3.63) is 59.2 Å². The molecule has 0 bridgehead atoms. The minimum Gasteiger partial charge on any atom is -0.497 e. The Bertz CT molecular complexity index is 678. The average molecular weight is 453 g/mol. The maximum absolute atomic E-state index is 5.99. The van der Waals surface area contributed by atoms with E-state index >= 15 is 0 Å². The third-order valence-electron chi connectivity index (χ3n) is 4.02. The second-order valence-corrected chi connectivity index (χ2v) is 6.23. The van der Waals surface area contributed by atoms with Gasteiger partial charge >= 0.3 is 0 Å². The molecule has 0 aromatic heterocycles. The van der Waals surface area contributed by atoms with Crippen molar-refractivity contribution in [2.45, 2.75) is 33.1 Å². The van der Waals surface area contributed by atoms with E-state index in [-0.39, 0.29) is 24.0 Å². The first kappa shape index (κ1) is 21.3. The van der Waals surface area contributed by atoms with Crippen LogP contribution in [0.2, 0.25) is 0 Å². The van der Waals surface area contributed by atoms with Crippen LogP contribution in [0.15, 0.2) is 47.5 Å².